The number of rotatable bonds is 6. The van der Waals surface area contributed by atoms with E-state index in [0.29, 0.717) is 12.5 Å². The maximum absolute atomic E-state index is 11.8. The number of benzene rings is 1. The summed E-state index contributed by atoms with van der Waals surface area (Å²) in [4.78, 5) is 14.2. The molecule has 21 heavy (non-hydrogen) atoms. The van der Waals surface area contributed by atoms with Crippen LogP contribution in [0.3, 0.4) is 0 Å². The molecule has 116 valence electrons. The summed E-state index contributed by atoms with van der Waals surface area (Å²) in [7, 11) is 0. The molecule has 2 N–H and O–H groups in total. The van der Waals surface area contributed by atoms with Gasteiger partial charge in [0.1, 0.15) is 0 Å². The molecular formula is C17H27N3O. The van der Waals surface area contributed by atoms with E-state index >= 15 is 0 Å². The average molecular weight is 289 g/mol. The quantitative estimate of drug-likeness (QED) is 0.846. The Kier molecular flexibility index (Phi) is 6.05. The summed E-state index contributed by atoms with van der Waals surface area (Å²) in [5, 5.41) is 6.20. The molecule has 1 aliphatic rings. The zero-order valence-corrected chi connectivity index (χ0v) is 13.2. The SMILES string of the molecule is CC(C)NCCC(=O)Nc1ccc(N2CCCCC2)cc1. The van der Waals surface area contributed by atoms with E-state index in [2.05, 4.69) is 41.5 Å². The lowest BCUT2D eigenvalue weighted by Gasteiger charge is -2.28. The van der Waals surface area contributed by atoms with Crippen molar-refractivity contribution in [2.45, 2.75) is 45.6 Å². The van der Waals surface area contributed by atoms with Crippen molar-refractivity contribution in [3.63, 3.8) is 0 Å². The molecule has 1 aromatic rings. The normalized spacial score (nSPS) is 15.3. The third kappa shape index (κ3) is 5.38. The predicted molar refractivity (Wildman–Crippen MR) is 88.9 cm³/mol. The Hall–Kier alpha value is -1.55. The van der Waals surface area contributed by atoms with Gasteiger partial charge in [0.15, 0.2) is 0 Å². The lowest BCUT2D eigenvalue weighted by molar-refractivity contribution is -0.116. The van der Waals surface area contributed by atoms with Gasteiger partial charge >= 0.3 is 0 Å². The molecule has 4 nitrogen and oxygen atoms in total. The van der Waals surface area contributed by atoms with E-state index in [9.17, 15) is 4.79 Å². The van der Waals surface area contributed by atoms with Crippen LogP contribution in [-0.2, 0) is 4.79 Å². The first-order valence-corrected chi connectivity index (χ1v) is 8.03. The number of carbonyl (C=O) groups is 1. The van der Waals surface area contributed by atoms with E-state index in [4.69, 9.17) is 0 Å². The van der Waals surface area contributed by atoms with Crippen LogP contribution in [0.15, 0.2) is 24.3 Å². The second kappa shape index (κ2) is 8.03. The maximum Gasteiger partial charge on any atom is 0.225 e. The first kappa shape index (κ1) is 15.8. The highest BCUT2D eigenvalue weighted by atomic mass is 16.1. The highest BCUT2D eigenvalue weighted by molar-refractivity contribution is 5.91. The minimum Gasteiger partial charge on any atom is -0.372 e. The molecule has 4 heteroatoms. The molecule has 1 heterocycles. The lowest BCUT2D eigenvalue weighted by Crippen LogP contribution is -2.29. The minimum atomic E-state index is 0.0638. The van der Waals surface area contributed by atoms with Crippen LogP contribution < -0.4 is 15.5 Å². The number of anilines is 2. The summed E-state index contributed by atoms with van der Waals surface area (Å²) in [5.41, 5.74) is 2.14. The molecule has 0 atom stereocenters. The van der Waals surface area contributed by atoms with Gasteiger partial charge < -0.3 is 15.5 Å². The maximum atomic E-state index is 11.8. The topological polar surface area (TPSA) is 44.4 Å². The Morgan fingerprint density at radius 2 is 1.81 bits per heavy atom. The molecule has 2 rings (SSSR count). The molecule has 1 fully saturated rings. The standard InChI is InChI=1S/C17H27N3O/c1-14(2)18-11-10-17(21)19-15-6-8-16(9-7-15)20-12-4-3-5-13-20/h6-9,14,18H,3-5,10-13H2,1-2H3,(H,19,21). The van der Waals surface area contributed by atoms with Gasteiger partial charge in [0.25, 0.3) is 0 Å². The van der Waals surface area contributed by atoms with Gasteiger partial charge in [-0.2, -0.15) is 0 Å². The molecule has 0 saturated carbocycles. The molecule has 1 aromatic carbocycles. The van der Waals surface area contributed by atoms with Crippen LogP contribution in [0.5, 0.6) is 0 Å². The first-order chi connectivity index (χ1) is 10.1. The fraction of sp³-hybridized carbons (Fsp3) is 0.588. The van der Waals surface area contributed by atoms with Crippen LogP contribution in [0, 0.1) is 0 Å². The summed E-state index contributed by atoms with van der Waals surface area (Å²) < 4.78 is 0. The van der Waals surface area contributed by atoms with Crippen molar-refractivity contribution in [3.8, 4) is 0 Å². The van der Waals surface area contributed by atoms with Gasteiger partial charge in [-0.1, -0.05) is 13.8 Å². The Bertz CT molecular complexity index is 436. The summed E-state index contributed by atoms with van der Waals surface area (Å²) in [6.45, 7) is 7.17. The third-order valence-electron chi connectivity index (χ3n) is 3.78. The molecule has 1 aliphatic heterocycles. The predicted octanol–water partition coefficient (Wildman–Crippen LogP) is 3.00. The molecule has 0 spiro atoms. The van der Waals surface area contributed by atoms with E-state index < -0.39 is 0 Å². The van der Waals surface area contributed by atoms with Gasteiger partial charge in [0.2, 0.25) is 5.91 Å². The van der Waals surface area contributed by atoms with Gasteiger partial charge in [0, 0.05) is 43.5 Å². The first-order valence-electron chi connectivity index (χ1n) is 8.03. The molecule has 0 unspecified atom stereocenters. The number of nitrogens with one attached hydrogen (secondary N) is 2. The Balaban J connectivity index is 1.80. The van der Waals surface area contributed by atoms with E-state index in [1.807, 2.05) is 12.1 Å². The van der Waals surface area contributed by atoms with E-state index in [1.165, 1.54) is 24.9 Å². The van der Waals surface area contributed by atoms with Crippen LogP contribution >= 0.6 is 0 Å². The molecule has 0 aliphatic carbocycles. The summed E-state index contributed by atoms with van der Waals surface area (Å²) in [5.74, 6) is 0.0638. The molecule has 0 aromatic heterocycles. The summed E-state index contributed by atoms with van der Waals surface area (Å²) >= 11 is 0. The molecular weight excluding hydrogens is 262 g/mol. The Morgan fingerprint density at radius 1 is 1.14 bits per heavy atom. The van der Waals surface area contributed by atoms with Gasteiger partial charge in [-0.05, 0) is 43.5 Å². The van der Waals surface area contributed by atoms with Gasteiger partial charge in [-0.3, -0.25) is 4.79 Å². The molecule has 1 amide bonds. The third-order valence-corrected chi connectivity index (χ3v) is 3.78. The van der Waals surface area contributed by atoms with Crippen molar-refractivity contribution >= 4 is 17.3 Å². The van der Waals surface area contributed by atoms with E-state index in [0.717, 1.165) is 25.3 Å². The average Bonchev–Trinajstić information content (AvgIpc) is 2.48. The second-order valence-electron chi connectivity index (χ2n) is 6.00. The van der Waals surface area contributed by atoms with Crippen LogP contribution in [0.4, 0.5) is 11.4 Å². The minimum absolute atomic E-state index is 0.0638. The smallest absolute Gasteiger partial charge is 0.225 e. The number of hydrogen-bond donors (Lipinski definition) is 2. The zero-order valence-electron chi connectivity index (χ0n) is 13.2. The highest BCUT2D eigenvalue weighted by Crippen LogP contribution is 2.21. The Labute approximate surface area is 127 Å². The summed E-state index contributed by atoms with van der Waals surface area (Å²) in [6, 6.07) is 8.62. The van der Waals surface area contributed by atoms with Crippen molar-refractivity contribution in [1.29, 1.82) is 0 Å². The van der Waals surface area contributed by atoms with Crippen molar-refractivity contribution in [2.24, 2.45) is 0 Å². The van der Waals surface area contributed by atoms with Gasteiger partial charge in [-0.25, -0.2) is 0 Å². The van der Waals surface area contributed by atoms with Crippen LogP contribution in [0.2, 0.25) is 0 Å². The molecule has 0 bridgehead atoms. The van der Waals surface area contributed by atoms with Crippen molar-refractivity contribution < 1.29 is 4.79 Å². The largest absolute Gasteiger partial charge is 0.372 e. The van der Waals surface area contributed by atoms with E-state index in [-0.39, 0.29) is 5.91 Å². The molecule has 1 saturated heterocycles. The number of piperidine rings is 1. The number of nitrogens with zero attached hydrogens (tertiary/aromatic N) is 1. The highest BCUT2D eigenvalue weighted by Gasteiger charge is 2.10. The fourth-order valence-electron chi connectivity index (χ4n) is 2.61. The number of carbonyl (C=O) groups excluding carboxylic acids is 1. The molecule has 0 radical (unpaired) electrons. The van der Waals surface area contributed by atoms with Crippen molar-refractivity contribution in [2.75, 3.05) is 29.9 Å². The van der Waals surface area contributed by atoms with Crippen molar-refractivity contribution in [3.05, 3.63) is 24.3 Å². The van der Waals surface area contributed by atoms with Crippen LogP contribution in [0.1, 0.15) is 39.5 Å². The lowest BCUT2D eigenvalue weighted by atomic mass is 10.1. The van der Waals surface area contributed by atoms with Crippen molar-refractivity contribution in [1.82, 2.24) is 5.32 Å². The monoisotopic (exact) mass is 289 g/mol. The van der Waals surface area contributed by atoms with Gasteiger partial charge in [0.05, 0.1) is 0 Å². The number of amides is 1. The Morgan fingerprint density at radius 3 is 2.43 bits per heavy atom. The second-order valence-corrected chi connectivity index (χ2v) is 6.00. The van der Waals surface area contributed by atoms with Crippen LogP contribution in [-0.4, -0.2) is 31.6 Å². The summed E-state index contributed by atoms with van der Waals surface area (Å²) in [6.07, 6.45) is 4.41. The van der Waals surface area contributed by atoms with E-state index in [1.54, 1.807) is 0 Å². The fourth-order valence-corrected chi connectivity index (χ4v) is 2.61. The van der Waals surface area contributed by atoms with Gasteiger partial charge in [-0.15, -0.1) is 0 Å². The zero-order chi connectivity index (χ0) is 15.1. The number of hydrogen-bond acceptors (Lipinski definition) is 3. The van der Waals surface area contributed by atoms with Crippen LogP contribution in [0.25, 0.3) is 0 Å².